The van der Waals surface area contributed by atoms with Gasteiger partial charge in [-0.3, -0.25) is 4.79 Å². The fourth-order valence-electron chi connectivity index (χ4n) is 2.08. The third-order valence-electron chi connectivity index (χ3n) is 3.15. The van der Waals surface area contributed by atoms with E-state index in [-0.39, 0.29) is 6.61 Å². The first kappa shape index (κ1) is 15.5. The molecule has 2 rings (SSSR count). The Hall–Kier alpha value is -1.92. The van der Waals surface area contributed by atoms with Crippen LogP contribution in [0.25, 0.3) is 0 Å². The van der Waals surface area contributed by atoms with Crippen molar-refractivity contribution in [2.45, 2.75) is 38.8 Å². The van der Waals surface area contributed by atoms with Crippen molar-refractivity contribution in [3.05, 3.63) is 35.4 Å². The van der Waals surface area contributed by atoms with E-state index in [0.717, 1.165) is 5.56 Å². The van der Waals surface area contributed by atoms with Crippen LogP contribution in [-0.2, 0) is 19.0 Å². The molecule has 0 saturated carbocycles. The second-order valence-corrected chi connectivity index (χ2v) is 5.00. The number of benzene rings is 1. The standard InChI is InChI=1S/C15H18O6/c1-9-3-5-11(6-4-9)14(17)19-8-12-7-13(15(18)21-12)20-10(2)16/h3-6,12-13,15,18H,7-8H2,1-2H3/t12-,13+,15?/m0/s1. The molecule has 0 amide bonds. The van der Waals surface area contributed by atoms with Crippen molar-refractivity contribution in [2.24, 2.45) is 0 Å². The van der Waals surface area contributed by atoms with Crippen LogP contribution in [0.1, 0.15) is 29.3 Å². The maximum Gasteiger partial charge on any atom is 0.338 e. The summed E-state index contributed by atoms with van der Waals surface area (Å²) in [5.74, 6) is -0.941. The lowest BCUT2D eigenvalue weighted by Crippen LogP contribution is -2.25. The number of hydrogen-bond acceptors (Lipinski definition) is 6. The fourth-order valence-corrected chi connectivity index (χ4v) is 2.08. The minimum Gasteiger partial charge on any atom is -0.459 e. The molecule has 6 nitrogen and oxygen atoms in total. The van der Waals surface area contributed by atoms with Gasteiger partial charge in [-0.05, 0) is 19.1 Å². The molecule has 1 aliphatic heterocycles. The van der Waals surface area contributed by atoms with Crippen LogP contribution in [0.15, 0.2) is 24.3 Å². The van der Waals surface area contributed by atoms with Gasteiger partial charge < -0.3 is 19.3 Å². The molecule has 3 atom stereocenters. The molecule has 1 fully saturated rings. The Bertz CT molecular complexity index is 509. The summed E-state index contributed by atoms with van der Waals surface area (Å²) in [6.07, 6.45) is -2.09. The average Bonchev–Trinajstić information content (AvgIpc) is 2.77. The predicted molar refractivity (Wildman–Crippen MR) is 72.5 cm³/mol. The van der Waals surface area contributed by atoms with Crippen LogP contribution in [0.5, 0.6) is 0 Å². The smallest absolute Gasteiger partial charge is 0.338 e. The lowest BCUT2D eigenvalue weighted by molar-refractivity contribution is -0.168. The number of aliphatic hydroxyl groups excluding tert-OH is 1. The van der Waals surface area contributed by atoms with E-state index in [9.17, 15) is 14.7 Å². The van der Waals surface area contributed by atoms with Gasteiger partial charge in [0.25, 0.3) is 0 Å². The Morgan fingerprint density at radius 1 is 1.33 bits per heavy atom. The lowest BCUT2D eigenvalue weighted by Gasteiger charge is -2.11. The average molecular weight is 294 g/mol. The molecular formula is C15H18O6. The van der Waals surface area contributed by atoms with Crippen molar-refractivity contribution in [1.29, 1.82) is 0 Å². The van der Waals surface area contributed by atoms with E-state index >= 15 is 0 Å². The molecular weight excluding hydrogens is 276 g/mol. The molecule has 1 aliphatic rings. The van der Waals surface area contributed by atoms with Crippen LogP contribution in [0, 0.1) is 6.92 Å². The molecule has 6 heteroatoms. The van der Waals surface area contributed by atoms with Crippen molar-refractivity contribution in [3.63, 3.8) is 0 Å². The Labute approximate surface area is 122 Å². The topological polar surface area (TPSA) is 82.1 Å². The third-order valence-corrected chi connectivity index (χ3v) is 3.15. The van der Waals surface area contributed by atoms with Crippen LogP contribution >= 0.6 is 0 Å². The van der Waals surface area contributed by atoms with Gasteiger partial charge >= 0.3 is 11.9 Å². The number of rotatable bonds is 4. The second-order valence-electron chi connectivity index (χ2n) is 5.00. The highest BCUT2D eigenvalue weighted by Gasteiger charge is 2.36. The third kappa shape index (κ3) is 4.27. The highest BCUT2D eigenvalue weighted by Crippen LogP contribution is 2.22. The van der Waals surface area contributed by atoms with Crippen LogP contribution < -0.4 is 0 Å². The van der Waals surface area contributed by atoms with Gasteiger partial charge in [-0.25, -0.2) is 4.79 Å². The predicted octanol–water partition coefficient (Wildman–Crippen LogP) is 1.19. The number of aryl methyl sites for hydroxylation is 1. The molecule has 0 spiro atoms. The first-order valence-electron chi connectivity index (χ1n) is 6.70. The van der Waals surface area contributed by atoms with Gasteiger partial charge in [-0.1, -0.05) is 17.7 Å². The Balaban J connectivity index is 1.82. The summed E-state index contributed by atoms with van der Waals surface area (Å²) in [6.45, 7) is 3.19. The van der Waals surface area contributed by atoms with Crippen molar-refractivity contribution in [3.8, 4) is 0 Å². The van der Waals surface area contributed by atoms with E-state index in [1.54, 1.807) is 12.1 Å². The molecule has 114 valence electrons. The zero-order chi connectivity index (χ0) is 15.4. The zero-order valence-electron chi connectivity index (χ0n) is 11.9. The van der Waals surface area contributed by atoms with E-state index in [0.29, 0.717) is 12.0 Å². The fraction of sp³-hybridized carbons (Fsp3) is 0.467. The highest BCUT2D eigenvalue weighted by molar-refractivity contribution is 5.89. The van der Waals surface area contributed by atoms with Crippen LogP contribution in [0.4, 0.5) is 0 Å². The van der Waals surface area contributed by atoms with Crippen LogP contribution in [-0.4, -0.2) is 42.1 Å². The number of ether oxygens (including phenoxy) is 3. The largest absolute Gasteiger partial charge is 0.459 e. The van der Waals surface area contributed by atoms with E-state index in [4.69, 9.17) is 14.2 Å². The van der Waals surface area contributed by atoms with Gasteiger partial charge in [-0.2, -0.15) is 0 Å². The summed E-state index contributed by atoms with van der Waals surface area (Å²) in [7, 11) is 0. The van der Waals surface area contributed by atoms with Crippen molar-refractivity contribution >= 4 is 11.9 Å². The molecule has 1 aromatic rings. The maximum atomic E-state index is 11.8. The summed E-state index contributed by atoms with van der Waals surface area (Å²) in [4.78, 5) is 22.7. The molecule has 0 aromatic heterocycles. The number of hydrogen-bond donors (Lipinski definition) is 1. The van der Waals surface area contributed by atoms with Gasteiger partial charge in [0.05, 0.1) is 11.7 Å². The van der Waals surface area contributed by atoms with Gasteiger partial charge in [0.1, 0.15) is 6.61 Å². The summed E-state index contributed by atoms with van der Waals surface area (Å²) < 4.78 is 15.2. The number of aliphatic hydroxyl groups is 1. The first-order valence-corrected chi connectivity index (χ1v) is 6.70. The molecule has 0 radical (unpaired) electrons. The SMILES string of the molecule is CC(=O)O[C@@H]1C[C@@H](COC(=O)c2ccc(C)cc2)OC1O. The number of carbonyl (C=O) groups is 2. The summed E-state index contributed by atoms with van der Waals surface area (Å²) >= 11 is 0. The minimum atomic E-state index is -1.18. The minimum absolute atomic E-state index is 0.00152. The second kappa shape index (κ2) is 6.69. The Morgan fingerprint density at radius 3 is 2.62 bits per heavy atom. The maximum absolute atomic E-state index is 11.8. The van der Waals surface area contributed by atoms with Gasteiger partial charge in [-0.15, -0.1) is 0 Å². The van der Waals surface area contributed by atoms with E-state index in [2.05, 4.69) is 0 Å². The Kier molecular flexibility index (Phi) is 4.93. The quantitative estimate of drug-likeness (QED) is 0.840. The highest BCUT2D eigenvalue weighted by atomic mass is 16.7. The lowest BCUT2D eigenvalue weighted by atomic mass is 10.1. The molecule has 0 bridgehead atoms. The molecule has 1 aromatic carbocycles. The van der Waals surface area contributed by atoms with E-state index in [1.807, 2.05) is 19.1 Å². The van der Waals surface area contributed by atoms with Crippen LogP contribution in [0.2, 0.25) is 0 Å². The molecule has 0 aliphatic carbocycles. The van der Waals surface area contributed by atoms with Gasteiger partial charge in [0.2, 0.25) is 0 Å². The van der Waals surface area contributed by atoms with Crippen LogP contribution in [0.3, 0.4) is 0 Å². The summed E-state index contributed by atoms with van der Waals surface area (Å²) in [6, 6.07) is 7.01. The number of carbonyl (C=O) groups excluding carboxylic acids is 2. The Morgan fingerprint density at radius 2 is 2.00 bits per heavy atom. The summed E-state index contributed by atoms with van der Waals surface area (Å²) in [5.41, 5.74) is 1.51. The molecule has 1 unspecified atom stereocenters. The van der Waals surface area contributed by atoms with Crippen molar-refractivity contribution < 1.29 is 28.9 Å². The molecule has 1 N–H and O–H groups in total. The van der Waals surface area contributed by atoms with E-state index < -0.39 is 30.4 Å². The van der Waals surface area contributed by atoms with Gasteiger partial charge in [0.15, 0.2) is 12.4 Å². The molecule has 1 heterocycles. The van der Waals surface area contributed by atoms with E-state index in [1.165, 1.54) is 6.92 Å². The monoisotopic (exact) mass is 294 g/mol. The normalized spacial score (nSPS) is 24.6. The van der Waals surface area contributed by atoms with Crippen molar-refractivity contribution in [2.75, 3.05) is 6.61 Å². The van der Waals surface area contributed by atoms with Gasteiger partial charge in [0, 0.05) is 13.3 Å². The molecule has 1 saturated heterocycles. The zero-order valence-corrected chi connectivity index (χ0v) is 11.9. The number of esters is 2. The summed E-state index contributed by atoms with van der Waals surface area (Å²) in [5, 5.41) is 9.58. The molecule has 21 heavy (non-hydrogen) atoms. The van der Waals surface area contributed by atoms with Crippen molar-refractivity contribution in [1.82, 2.24) is 0 Å². The first-order chi connectivity index (χ1) is 9.95.